The smallest absolute Gasteiger partial charge is 0.323 e. The molecule has 0 bridgehead atoms. The van der Waals surface area contributed by atoms with Crippen LogP contribution in [0.25, 0.3) is 0 Å². The quantitative estimate of drug-likeness (QED) is 0.800. The van der Waals surface area contributed by atoms with Gasteiger partial charge in [-0.1, -0.05) is 0 Å². The zero-order valence-electron chi connectivity index (χ0n) is 10.6. The molecule has 0 saturated carbocycles. The maximum atomic E-state index is 10.6. The first-order chi connectivity index (χ1) is 9.54. The Bertz CT molecular complexity index is 488. The fourth-order valence-corrected chi connectivity index (χ4v) is 1.82. The van der Waals surface area contributed by atoms with E-state index in [1.807, 2.05) is 24.3 Å². The summed E-state index contributed by atoms with van der Waals surface area (Å²) in [6.07, 6.45) is 14.1. The van der Waals surface area contributed by atoms with Gasteiger partial charge in [0.1, 0.15) is 13.1 Å². The number of allylic oxidation sites excluding steroid dienone is 6. The number of nitrogens with zero attached hydrogens (tertiary/aromatic N) is 2. The van der Waals surface area contributed by atoms with Crippen LogP contribution < -0.4 is 0 Å². The highest BCUT2D eigenvalue weighted by molar-refractivity contribution is 5.70. The molecule has 0 radical (unpaired) electrons. The van der Waals surface area contributed by atoms with Crippen molar-refractivity contribution in [1.29, 1.82) is 0 Å². The third-order valence-electron chi connectivity index (χ3n) is 2.75. The monoisotopic (exact) mass is 274 g/mol. The van der Waals surface area contributed by atoms with E-state index in [1.54, 1.807) is 34.6 Å². The minimum Gasteiger partial charge on any atom is -0.480 e. The van der Waals surface area contributed by atoms with Gasteiger partial charge >= 0.3 is 11.9 Å². The van der Waals surface area contributed by atoms with E-state index in [2.05, 4.69) is 0 Å². The van der Waals surface area contributed by atoms with Crippen LogP contribution in [0.4, 0.5) is 0 Å². The lowest BCUT2D eigenvalue weighted by molar-refractivity contribution is -0.138. The molecule has 2 heterocycles. The number of carboxylic acids is 2. The zero-order chi connectivity index (χ0) is 14.5. The van der Waals surface area contributed by atoms with Crippen molar-refractivity contribution in [3.63, 3.8) is 0 Å². The molecule has 20 heavy (non-hydrogen) atoms. The second-order valence-electron chi connectivity index (χ2n) is 4.31. The first kappa shape index (κ1) is 13.7. The van der Waals surface area contributed by atoms with Gasteiger partial charge in [0.15, 0.2) is 0 Å². The van der Waals surface area contributed by atoms with Crippen molar-refractivity contribution in [1.82, 2.24) is 9.80 Å². The second-order valence-corrected chi connectivity index (χ2v) is 4.31. The Morgan fingerprint density at radius 2 is 1.05 bits per heavy atom. The van der Waals surface area contributed by atoms with Crippen LogP contribution in [0.1, 0.15) is 0 Å². The Balaban J connectivity index is 2.03. The van der Waals surface area contributed by atoms with E-state index in [0.717, 1.165) is 11.1 Å². The van der Waals surface area contributed by atoms with Crippen LogP contribution in [0.2, 0.25) is 0 Å². The fourth-order valence-electron chi connectivity index (χ4n) is 1.82. The van der Waals surface area contributed by atoms with Crippen molar-refractivity contribution < 1.29 is 19.8 Å². The SMILES string of the molecule is O=C(O)CN1C=CC(=C2C=CN(CC(=O)O)C=C2)C=C1. The van der Waals surface area contributed by atoms with E-state index < -0.39 is 11.9 Å². The molecule has 2 rings (SSSR count). The minimum atomic E-state index is -0.892. The fraction of sp³-hybridized carbons (Fsp3) is 0.143. The highest BCUT2D eigenvalue weighted by Crippen LogP contribution is 2.19. The van der Waals surface area contributed by atoms with Crippen molar-refractivity contribution in [3.8, 4) is 0 Å². The van der Waals surface area contributed by atoms with Crippen LogP contribution in [-0.4, -0.2) is 45.0 Å². The minimum absolute atomic E-state index is 0.0757. The molecule has 0 aromatic carbocycles. The van der Waals surface area contributed by atoms with Gasteiger partial charge in [0.25, 0.3) is 0 Å². The summed E-state index contributed by atoms with van der Waals surface area (Å²) in [5.74, 6) is -1.78. The number of carboxylic acid groups (broad SMARTS) is 2. The molecule has 6 heteroatoms. The van der Waals surface area contributed by atoms with E-state index >= 15 is 0 Å². The van der Waals surface area contributed by atoms with Gasteiger partial charge in [0.05, 0.1) is 0 Å². The van der Waals surface area contributed by atoms with Crippen LogP contribution in [0, 0.1) is 0 Å². The zero-order valence-corrected chi connectivity index (χ0v) is 10.6. The number of hydrogen-bond acceptors (Lipinski definition) is 4. The predicted octanol–water partition coefficient (Wildman–Crippen LogP) is 1.14. The van der Waals surface area contributed by atoms with Crippen LogP contribution in [0.15, 0.2) is 60.3 Å². The third-order valence-corrected chi connectivity index (χ3v) is 2.75. The molecule has 0 spiro atoms. The van der Waals surface area contributed by atoms with Crippen LogP contribution in [0.3, 0.4) is 0 Å². The molecule has 0 aromatic rings. The van der Waals surface area contributed by atoms with Gasteiger partial charge in [-0.2, -0.15) is 0 Å². The molecule has 0 unspecified atom stereocenters. The standard InChI is InChI=1S/C14H14N2O4/c17-13(18)9-15-5-1-11(2-6-15)12-3-7-16(8-4-12)10-14(19)20/h1-8H,9-10H2,(H,17,18)(H,19,20). The molecular weight excluding hydrogens is 260 g/mol. The summed E-state index contributed by atoms with van der Waals surface area (Å²) < 4.78 is 0. The first-order valence-corrected chi connectivity index (χ1v) is 5.97. The maximum Gasteiger partial charge on any atom is 0.323 e. The Labute approximate surface area is 115 Å². The normalized spacial score (nSPS) is 17.0. The lowest BCUT2D eigenvalue weighted by Gasteiger charge is -2.19. The van der Waals surface area contributed by atoms with Crippen LogP contribution >= 0.6 is 0 Å². The molecule has 6 nitrogen and oxygen atoms in total. The summed E-state index contributed by atoms with van der Waals surface area (Å²) in [5.41, 5.74) is 1.88. The van der Waals surface area contributed by atoms with Crippen molar-refractivity contribution >= 4 is 11.9 Å². The summed E-state index contributed by atoms with van der Waals surface area (Å²) in [6, 6.07) is 0. The summed E-state index contributed by atoms with van der Waals surface area (Å²) in [4.78, 5) is 24.3. The Kier molecular flexibility index (Phi) is 4.05. The van der Waals surface area contributed by atoms with Gasteiger partial charge in [-0.15, -0.1) is 0 Å². The van der Waals surface area contributed by atoms with Gasteiger partial charge in [-0.3, -0.25) is 9.59 Å². The van der Waals surface area contributed by atoms with Crippen molar-refractivity contribution in [3.05, 3.63) is 60.3 Å². The molecule has 2 N–H and O–H groups in total. The van der Waals surface area contributed by atoms with Gasteiger partial charge in [0, 0.05) is 24.8 Å². The van der Waals surface area contributed by atoms with Gasteiger partial charge < -0.3 is 20.0 Å². The topological polar surface area (TPSA) is 81.1 Å². The number of aliphatic carboxylic acids is 2. The number of carbonyl (C=O) groups is 2. The van der Waals surface area contributed by atoms with E-state index in [1.165, 1.54) is 0 Å². The van der Waals surface area contributed by atoms with Crippen LogP contribution in [0.5, 0.6) is 0 Å². The van der Waals surface area contributed by atoms with Crippen molar-refractivity contribution in [2.75, 3.05) is 13.1 Å². The molecule has 0 saturated heterocycles. The highest BCUT2D eigenvalue weighted by atomic mass is 16.4. The Morgan fingerprint density at radius 1 is 0.750 bits per heavy atom. The van der Waals surface area contributed by atoms with E-state index in [-0.39, 0.29) is 13.1 Å². The van der Waals surface area contributed by atoms with Crippen molar-refractivity contribution in [2.24, 2.45) is 0 Å². The number of rotatable bonds is 4. The molecule has 0 atom stereocenters. The summed E-state index contributed by atoms with van der Waals surface area (Å²) in [6.45, 7) is -0.151. The average Bonchev–Trinajstić information content (AvgIpc) is 2.39. The molecule has 2 aliphatic heterocycles. The molecule has 2 aliphatic rings. The average molecular weight is 274 g/mol. The third kappa shape index (κ3) is 3.61. The van der Waals surface area contributed by atoms with Crippen LogP contribution in [-0.2, 0) is 9.59 Å². The molecular formula is C14H14N2O4. The molecule has 0 amide bonds. The largest absolute Gasteiger partial charge is 0.480 e. The summed E-state index contributed by atoms with van der Waals surface area (Å²) in [5, 5.41) is 17.4. The summed E-state index contributed by atoms with van der Waals surface area (Å²) >= 11 is 0. The first-order valence-electron chi connectivity index (χ1n) is 5.97. The molecule has 0 fully saturated rings. The van der Waals surface area contributed by atoms with Gasteiger partial charge in [0.2, 0.25) is 0 Å². The molecule has 0 aliphatic carbocycles. The molecule has 104 valence electrons. The van der Waals surface area contributed by atoms with E-state index in [0.29, 0.717) is 0 Å². The predicted molar refractivity (Wildman–Crippen MR) is 72.3 cm³/mol. The molecule has 0 aromatic heterocycles. The summed E-state index contributed by atoms with van der Waals surface area (Å²) in [7, 11) is 0. The highest BCUT2D eigenvalue weighted by Gasteiger charge is 2.09. The Morgan fingerprint density at radius 3 is 1.30 bits per heavy atom. The number of hydrogen-bond donors (Lipinski definition) is 2. The van der Waals surface area contributed by atoms with E-state index in [4.69, 9.17) is 10.2 Å². The van der Waals surface area contributed by atoms with Gasteiger partial charge in [-0.25, -0.2) is 0 Å². The Hall–Kier alpha value is -2.76. The van der Waals surface area contributed by atoms with Crippen molar-refractivity contribution in [2.45, 2.75) is 0 Å². The van der Waals surface area contributed by atoms with Gasteiger partial charge in [-0.05, 0) is 35.5 Å². The lowest BCUT2D eigenvalue weighted by atomic mass is 10.0. The maximum absolute atomic E-state index is 10.6. The lowest BCUT2D eigenvalue weighted by Crippen LogP contribution is -2.21. The second kappa shape index (κ2) is 5.92. The van der Waals surface area contributed by atoms with E-state index in [9.17, 15) is 9.59 Å².